The Labute approximate surface area is 192 Å². The van der Waals surface area contributed by atoms with Gasteiger partial charge >= 0.3 is 5.69 Å². The second kappa shape index (κ2) is 8.03. The lowest BCUT2D eigenvalue weighted by Crippen LogP contribution is -2.28. The van der Waals surface area contributed by atoms with Crippen LogP contribution in [0.3, 0.4) is 0 Å². The molecule has 0 aliphatic heterocycles. The van der Waals surface area contributed by atoms with Gasteiger partial charge in [0.05, 0.1) is 28.2 Å². The van der Waals surface area contributed by atoms with Gasteiger partial charge in [0.1, 0.15) is 5.82 Å². The number of carbonyl (C=O) groups excluding carboxylic acids is 1. The van der Waals surface area contributed by atoms with Crippen molar-refractivity contribution < 1.29 is 4.79 Å². The molecule has 4 heterocycles. The van der Waals surface area contributed by atoms with Gasteiger partial charge in [-0.3, -0.25) is 14.3 Å². The zero-order valence-electron chi connectivity index (χ0n) is 18.7. The molecule has 172 valence electrons. The van der Waals surface area contributed by atoms with Crippen molar-refractivity contribution in [1.29, 1.82) is 0 Å². The maximum Gasteiger partial charge on any atom is 0.323 e. The Morgan fingerprint density at radius 1 is 1.06 bits per heavy atom. The molecule has 0 saturated heterocycles. The van der Waals surface area contributed by atoms with E-state index in [2.05, 4.69) is 35.7 Å². The van der Waals surface area contributed by atoms with Gasteiger partial charge in [0.25, 0.3) is 11.5 Å². The Balaban J connectivity index is 1.47. The van der Waals surface area contributed by atoms with Crippen LogP contribution in [0.25, 0.3) is 22.1 Å². The minimum absolute atomic E-state index is 0.0879. The molecule has 0 saturated carbocycles. The fourth-order valence-electron chi connectivity index (χ4n) is 3.99. The third kappa shape index (κ3) is 3.83. The summed E-state index contributed by atoms with van der Waals surface area (Å²) in [5.41, 5.74) is 4.48. The van der Waals surface area contributed by atoms with Crippen LogP contribution in [0.15, 0.2) is 46.1 Å². The summed E-state index contributed by atoms with van der Waals surface area (Å²) < 4.78 is 1.58. The summed E-state index contributed by atoms with van der Waals surface area (Å²) in [6.07, 6.45) is 1.58. The minimum atomic E-state index is -0.353. The third-order valence-electron chi connectivity index (χ3n) is 5.66. The number of imidazole rings is 1. The third-order valence-corrected chi connectivity index (χ3v) is 5.66. The molecule has 4 aromatic heterocycles. The van der Waals surface area contributed by atoms with E-state index in [9.17, 15) is 14.4 Å². The largest absolute Gasteiger partial charge is 0.348 e. The predicted octanol–water partition coefficient (Wildman–Crippen LogP) is 2.12. The number of hydrogen-bond acceptors (Lipinski definition) is 6. The molecule has 0 radical (unpaired) electrons. The van der Waals surface area contributed by atoms with Crippen LogP contribution >= 0.6 is 0 Å². The van der Waals surface area contributed by atoms with Crippen molar-refractivity contribution in [2.24, 2.45) is 7.05 Å². The van der Waals surface area contributed by atoms with Crippen molar-refractivity contribution in [1.82, 2.24) is 35.0 Å². The van der Waals surface area contributed by atoms with Crippen molar-refractivity contribution in [2.45, 2.75) is 20.4 Å². The molecule has 0 aliphatic carbocycles. The number of aryl methyl sites for hydroxylation is 3. The first kappa shape index (κ1) is 21.2. The molecular weight excluding hydrogens is 436 g/mol. The number of H-pyrrole nitrogens is 3. The molecule has 11 nitrogen and oxygen atoms in total. The second-order valence-corrected chi connectivity index (χ2v) is 8.15. The number of benzene rings is 1. The average molecular weight is 458 g/mol. The van der Waals surface area contributed by atoms with Gasteiger partial charge in [-0.15, -0.1) is 0 Å². The smallest absolute Gasteiger partial charge is 0.323 e. The van der Waals surface area contributed by atoms with Crippen molar-refractivity contribution in [3.63, 3.8) is 0 Å². The van der Waals surface area contributed by atoms with Gasteiger partial charge in [0, 0.05) is 30.5 Å². The van der Waals surface area contributed by atoms with E-state index in [1.165, 1.54) is 0 Å². The number of rotatable bonds is 5. The zero-order chi connectivity index (χ0) is 24.0. The number of nitrogens with one attached hydrogen (secondary N) is 5. The highest BCUT2D eigenvalue weighted by Gasteiger charge is 2.17. The van der Waals surface area contributed by atoms with E-state index in [1.807, 2.05) is 19.9 Å². The van der Waals surface area contributed by atoms with Crippen molar-refractivity contribution in [3.05, 3.63) is 79.8 Å². The normalized spacial score (nSPS) is 11.3. The molecule has 0 bridgehead atoms. The van der Waals surface area contributed by atoms with Gasteiger partial charge in [-0.05, 0) is 49.7 Å². The van der Waals surface area contributed by atoms with E-state index in [4.69, 9.17) is 0 Å². The Hall–Kier alpha value is -4.67. The van der Waals surface area contributed by atoms with Crippen LogP contribution < -0.4 is 21.9 Å². The highest BCUT2D eigenvalue weighted by atomic mass is 16.2. The minimum Gasteiger partial charge on any atom is -0.348 e. The van der Waals surface area contributed by atoms with E-state index in [0.29, 0.717) is 44.7 Å². The molecule has 11 heteroatoms. The van der Waals surface area contributed by atoms with Crippen LogP contribution in [0.4, 0.5) is 11.5 Å². The number of amides is 1. The van der Waals surface area contributed by atoms with E-state index in [-0.39, 0.29) is 23.7 Å². The number of aromatic nitrogens is 6. The molecule has 0 atom stereocenters. The maximum atomic E-state index is 13.2. The lowest BCUT2D eigenvalue weighted by molar-refractivity contribution is 0.0952. The van der Waals surface area contributed by atoms with Crippen LogP contribution in [0.1, 0.15) is 27.2 Å². The first-order valence-corrected chi connectivity index (χ1v) is 10.6. The highest BCUT2D eigenvalue weighted by Crippen LogP contribution is 2.24. The van der Waals surface area contributed by atoms with E-state index in [1.54, 1.807) is 42.2 Å². The first-order chi connectivity index (χ1) is 16.3. The van der Waals surface area contributed by atoms with Crippen LogP contribution in [0.2, 0.25) is 0 Å². The molecule has 5 N–H and O–H groups in total. The Morgan fingerprint density at radius 2 is 1.85 bits per heavy atom. The number of aromatic amines is 3. The Bertz CT molecular complexity index is 1690. The molecule has 5 aromatic rings. The van der Waals surface area contributed by atoms with Gasteiger partial charge in [-0.1, -0.05) is 0 Å². The van der Waals surface area contributed by atoms with Crippen LogP contribution in [0.5, 0.6) is 0 Å². The topological polar surface area (TPSA) is 153 Å². The van der Waals surface area contributed by atoms with E-state index >= 15 is 0 Å². The fraction of sp³-hybridized carbons (Fsp3) is 0.174. The van der Waals surface area contributed by atoms with E-state index in [0.717, 1.165) is 11.3 Å². The summed E-state index contributed by atoms with van der Waals surface area (Å²) in [5.74, 6) is 0.0797. The van der Waals surface area contributed by atoms with Crippen molar-refractivity contribution in [3.8, 4) is 0 Å². The zero-order valence-corrected chi connectivity index (χ0v) is 18.7. The van der Waals surface area contributed by atoms with Gasteiger partial charge in [0.15, 0.2) is 5.65 Å². The molecule has 0 spiro atoms. The molecule has 0 unspecified atom stereocenters. The Morgan fingerprint density at radius 3 is 2.65 bits per heavy atom. The van der Waals surface area contributed by atoms with Crippen LogP contribution in [-0.4, -0.2) is 35.6 Å². The summed E-state index contributed by atoms with van der Waals surface area (Å²) >= 11 is 0. The van der Waals surface area contributed by atoms with Crippen molar-refractivity contribution in [2.75, 3.05) is 5.32 Å². The number of carbonyl (C=O) groups is 1. The number of pyridine rings is 2. The molecule has 34 heavy (non-hydrogen) atoms. The monoisotopic (exact) mass is 458 g/mol. The quantitative estimate of drug-likeness (QED) is 0.272. The Kier molecular flexibility index (Phi) is 5.01. The van der Waals surface area contributed by atoms with Crippen LogP contribution in [-0.2, 0) is 13.6 Å². The molecule has 1 aromatic carbocycles. The van der Waals surface area contributed by atoms with Gasteiger partial charge in [-0.2, -0.15) is 5.10 Å². The number of hydrogen-bond donors (Lipinski definition) is 5. The highest BCUT2D eigenvalue weighted by molar-refractivity contribution is 6.06. The first-order valence-electron chi connectivity index (χ1n) is 10.6. The predicted molar refractivity (Wildman–Crippen MR) is 128 cm³/mol. The lowest BCUT2D eigenvalue weighted by atomic mass is 10.1. The van der Waals surface area contributed by atoms with E-state index < -0.39 is 0 Å². The number of nitrogens with zero attached hydrogens (tertiary/aromatic N) is 3. The van der Waals surface area contributed by atoms with Gasteiger partial charge < -0.3 is 25.6 Å². The molecule has 1 amide bonds. The summed E-state index contributed by atoms with van der Waals surface area (Å²) in [4.78, 5) is 49.8. The summed E-state index contributed by atoms with van der Waals surface area (Å²) in [5, 5.41) is 10.8. The summed E-state index contributed by atoms with van der Waals surface area (Å²) in [6.45, 7) is 3.74. The van der Waals surface area contributed by atoms with Crippen LogP contribution in [0, 0.1) is 13.8 Å². The SMILES string of the molecule is Cc1cc(C)c(CNC(=O)c2cc(Nc3ccc4[nH]c(=O)[nH]c4c3)nc3c2cnn3C)c(=O)[nH]1. The second-order valence-electron chi connectivity index (χ2n) is 8.15. The number of anilines is 2. The average Bonchev–Trinajstić information content (AvgIpc) is 3.33. The van der Waals surface area contributed by atoms with Gasteiger partial charge in [0.2, 0.25) is 0 Å². The molecule has 0 fully saturated rings. The standard InChI is InChI=1S/C23H22N8O3/c1-11-6-12(2)26-22(33)15(11)9-24-21(32)14-8-19(30-20-16(14)10-25-31(20)3)27-13-4-5-17-18(7-13)29-23(34)28-17/h4-8,10H,9H2,1-3H3,(H,24,32)(H,26,33)(H,27,30)(H2,28,29,34). The lowest BCUT2D eigenvalue weighted by Gasteiger charge is -2.11. The summed E-state index contributed by atoms with van der Waals surface area (Å²) in [7, 11) is 1.74. The molecule has 5 rings (SSSR count). The maximum absolute atomic E-state index is 13.2. The number of fused-ring (bicyclic) bond motifs is 2. The van der Waals surface area contributed by atoms with Gasteiger partial charge in [-0.25, -0.2) is 9.78 Å². The van der Waals surface area contributed by atoms with Crippen molar-refractivity contribution >= 4 is 39.5 Å². The molecule has 0 aliphatic rings. The summed E-state index contributed by atoms with van der Waals surface area (Å²) in [6, 6.07) is 8.84. The molecular formula is C23H22N8O3. The fourth-order valence-corrected chi connectivity index (χ4v) is 3.99.